The first-order valence-corrected chi connectivity index (χ1v) is 13.5. The molecule has 3 aromatic rings. The zero-order chi connectivity index (χ0) is 23.2. The average molecular weight is 503 g/mol. The molecule has 2 aromatic carbocycles. The highest BCUT2D eigenvalue weighted by Gasteiger charge is 2.38. The topological polar surface area (TPSA) is 82.6 Å². The molecule has 7 nitrogen and oxygen atoms in total. The van der Waals surface area contributed by atoms with Crippen molar-refractivity contribution in [1.82, 2.24) is 4.98 Å². The number of carbonyl (C=O) groups excluding carboxylic acids is 1. The van der Waals surface area contributed by atoms with Gasteiger partial charge >= 0.3 is 0 Å². The number of aromatic nitrogens is 1. The van der Waals surface area contributed by atoms with E-state index in [2.05, 4.69) is 14.6 Å². The molecule has 5 rings (SSSR count). The molecule has 0 radical (unpaired) electrons. The Kier molecular flexibility index (Phi) is 5.80. The van der Waals surface area contributed by atoms with E-state index in [1.54, 1.807) is 28.6 Å². The number of nitrogens with zero attached hydrogens (tertiary/aromatic N) is 3. The zero-order valence-electron chi connectivity index (χ0n) is 18.0. The van der Waals surface area contributed by atoms with Crippen LogP contribution in [0.1, 0.15) is 24.0 Å². The number of sulfonamides is 1. The summed E-state index contributed by atoms with van der Waals surface area (Å²) < 4.78 is 27.9. The molecule has 1 amide bonds. The minimum absolute atomic E-state index is 0.0393. The van der Waals surface area contributed by atoms with Gasteiger partial charge in [-0.2, -0.15) is 0 Å². The molecule has 1 saturated heterocycles. The summed E-state index contributed by atoms with van der Waals surface area (Å²) in [4.78, 5) is 21.5. The predicted octanol–water partition coefficient (Wildman–Crippen LogP) is 4.46. The van der Waals surface area contributed by atoms with Crippen molar-refractivity contribution in [2.45, 2.75) is 37.1 Å². The van der Waals surface area contributed by atoms with Gasteiger partial charge in [0.05, 0.1) is 4.90 Å². The van der Waals surface area contributed by atoms with E-state index >= 15 is 0 Å². The van der Waals surface area contributed by atoms with Crippen molar-refractivity contribution >= 4 is 55.4 Å². The molecule has 0 aliphatic carbocycles. The van der Waals surface area contributed by atoms with Crippen molar-refractivity contribution in [3.8, 4) is 0 Å². The smallest absolute Gasteiger partial charge is 0.263 e. The number of benzene rings is 2. The lowest BCUT2D eigenvalue weighted by molar-refractivity contribution is -0.118. The summed E-state index contributed by atoms with van der Waals surface area (Å²) in [7, 11) is -3.75. The van der Waals surface area contributed by atoms with Crippen molar-refractivity contribution in [3.63, 3.8) is 0 Å². The molecule has 0 spiro atoms. The Bertz CT molecular complexity index is 1310. The first kappa shape index (κ1) is 22.2. The van der Waals surface area contributed by atoms with Gasteiger partial charge in [-0.25, -0.2) is 13.4 Å². The van der Waals surface area contributed by atoms with Crippen LogP contribution in [0.4, 0.5) is 16.5 Å². The number of thiazole rings is 1. The van der Waals surface area contributed by atoms with E-state index in [0.29, 0.717) is 23.1 Å². The van der Waals surface area contributed by atoms with Crippen molar-refractivity contribution in [2.75, 3.05) is 27.6 Å². The quantitative estimate of drug-likeness (QED) is 0.556. The van der Waals surface area contributed by atoms with E-state index in [-0.39, 0.29) is 16.8 Å². The molecule has 1 aromatic heterocycles. The van der Waals surface area contributed by atoms with Gasteiger partial charge in [0.1, 0.15) is 6.04 Å². The lowest BCUT2D eigenvalue weighted by Crippen LogP contribution is -2.44. The summed E-state index contributed by atoms with van der Waals surface area (Å²) >= 11 is 7.39. The number of anilines is 3. The molecule has 2 aliphatic heterocycles. The van der Waals surface area contributed by atoms with Crippen LogP contribution in [0.25, 0.3) is 0 Å². The molecule has 10 heteroatoms. The molecule has 33 heavy (non-hydrogen) atoms. The van der Waals surface area contributed by atoms with E-state index in [1.807, 2.05) is 25.1 Å². The molecular formula is C23H23ClN4O3S2. The zero-order valence-corrected chi connectivity index (χ0v) is 20.4. The molecule has 0 saturated carbocycles. The Morgan fingerprint density at radius 1 is 1.15 bits per heavy atom. The Morgan fingerprint density at radius 3 is 2.73 bits per heavy atom. The summed E-state index contributed by atoms with van der Waals surface area (Å²) in [6, 6.07) is 10.5. The number of amides is 1. The highest BCUT2D eigenvalue weighted by molar-refractivity contribution is 7.93. The summed E-state index contributed by atoms with van der Waals surface area (Å²) in [6.07, 6.45) is 4.20. The first-order chi connectivity index (χ1) is 15.8. The van der Waals surface area contributed by atoms with Gasteiger partial charge in [0.15, 0.2) is 5.13 Å². The van der Waals surface area contributed by atoms with E-state index in [9.17, 15) is 13.2 Å². The Morgan fingerprint density at radius 2 is 1.97 bits per heavy atom. The second-order valence-corrected chi connectivity index (χ2v) is 11.3. The van der Waals surface area contributed by atoms with Gasteiger partial charge in [-0.3, -0.25) is 9.52 Å². The van der Waals surface area contributed by atoms with Gasteiger partial charge in [0, 0.05) is 41.1 Å². The molecule has 1 atom stereocenters. The van der Waals surface area contributed by atoms with Gasteiger partial charge in [0.2, 0.25) is 5.91 Å². The number of halogens is 1. The maximum atomic E-state index is 13.4. The first-order valence-electron chi connectivity index (χ1n) is 10.7. The van der Waals surface area contributed by atoms with E-state index in [0.717, 1.165) is 36.3 Å². The molecular weight excluding hydrogens is 480 g/mol. The van der Waals surface area contributed by atoms with E-state index < -0.39 is 10.0 Å². The van der Waals surface area contributed by atoms with Gasteiger partial charge in [0.25, 0.3) is 10.0 Å². The Hall–Kier alpha value is -2.62. The van der Waals surface area contributed by atoms with Crippen LogP contribution in [0.2, 0.25) is 5.02 Å². The normalized spacial score (nSPS) is 18.5. The molecule has 1 fully saturated rings. The van der Waals surface area contributed by atoms with Crippen LogP contribution >= 0.6 is 22.9 Å². The highest BCUT2D eigenvalue weighted by Crippen LogP contribution is 2.35. The van der Waals surface area contributed by atoms with Crippen molar-refractivity contribution in [3.05, 3.63) is 64.1 Å². The SMILES string of the molecule is Cc1cc(S(=O)(=O)Nc2nccs2)ccc1N1CC[C@H](N2CCCc3cc(Cl)ccc32)C1=O. The number of hydrogen-bond acceptors (Lipinski definition) is 6. The van der Waals surface area contributed by atoms with Crippen molar-refractivity contribution < 1.29 is 13.2 Å². The molecule has 172 valence electrons. The lowest BCUT2D eigenvalue weighted by atomic mass is 9.99. The second-order valence-electron chi connectivity index (χ2n) is 8.26. The minimum atomic E-state index is -3.75. The van der Waals surface area contributed by atoms with Gasteiger partial charge in [-0.05, 0) is 73.7 Å². The monoisotopic (exact) mass is 502 g/mol. The summed E-state index contributed by atoms with van der Waals surface area (Å²) in [5.74, 6) is 0.0393. The minimum Gasteiger partial charge on any atom is -0.359 e. The standard InChI is InChI=1S/C23H23ClN4O3S2/c1-15-13-18(33(30,31)26-23-25-9-12-32-23)5-7-19(15)28-11-8-21(22(28)29)27-10-2-3-16-14-17(24)4-6-20(16)27/h4-7,9,12-14,21H,2-3,8,10-11H2,1H3,(H,25,26)/t21-/m0/s1. The van der Waals surface area contributed by atoms with E-state index in [4.69, 9.17) is 11.6 Å². The third-order valence-electron chi connectivity index (χ3n) is 6.17. The average Bonchev–Trinajstić information content (AvgIpc) is 3.42. The van der Waals surface area contributed by atoms with Gasteiger partial charge in [-0.1, -0.05) is 11.6 Å². The number of fused-ring (bicyclic) bond motifs is 1. The largest absolute Gasteiger partial charge is 0.359 e. The number of rotatable bonds is 5. The number of carbonyl (C=O) groups is 1. The van der Waals surface area contributed by atoms with Crippen molar-refractivity contribution in [2.24, 2.45) is 0 Å². The fourth-order valence-corrected chi connectivity index (χ4v) is 6.73. The molecule has 2 aliphatic rings. The molecule has 0 bridgehead atoms. The maximum Gasteiger partial charge on any atom is 0.263 e. The van der Waals surface area contributed by atoms with E-state index in [1.165, 1.54) is 23.0 Å². The van der Waals surface area contributed by atoms with Crippen LogP contribution < -0.4 is 14.5 Å². The molecule has 0 unspecified atom stereocenters. The van der Waals surface area contributed by atoms with Crippen LogP contribution in [0, 0.1) is 6.92 Å². The second kappa shape index (κ2) is 8.62. The fraction of sp³-hybridized carbons (Fsp3) is 0.304. The Balaban J connectivity index is 1.38. The van der Waals surface area contributed by atoms with Gasteiger partial charge < -0.3 is 9.80 Å². The highest BCUT2D eigenvalue weighted by atomic mass is 35.5. The third kappa shape index (κ3) is 4.20. The lowest BCUT2D eigenvalue weighted by Gasteiger charge is -2.35. The summed E-state index contributed by atoms with van der Waals surface area (Å²) in [5, 5.41) is 2.74. The van der Waals surface area contributed by atoms with Crippen LogP contribution in [0.3, 0.4) is 0 Å². The predicted molar refractivity (Wildman–Crippen MR) is 132 cm³/mol. The van der Waals surface area contributed by atoms with Crippen LogP contribution in [0.15, 0.2) is 52.9 Å². The van der Waals surface area contributed by atoms with Crippen LogP contribution in [-0.4, -0.2) is 38.4 Å². The van der Waals surface area contributed by atoms with Crippen LogP contribution in [0.5, 0.6) is 0 Å². The third-order valence-corrected chi connectivity index (χ3v) is 8.56. The maximum absolute atomic E-state index is 13.4. The summed E-state index contributed by atoms with van der Waals surface area (Å²) in [6.45, 7) is 3.25. The number of aryl methyl sites for hydroxylation is 2. The van der Waals surface area contributed by atoms with Crippen LogP contribution in [-0.2, 0) is 21.2 Å². The van der Waals surface area contributed by atoms with Crippen molar-refractivity contribution in [1.29, 1.82) is 0 Å². The fourth-order valence-electron chi connectivity index (χ4n) is 4.66. The molecule has 1 N–H and O–H groups in total. The number of hydrogen-bond donors (Lipinski definition) is 1. The Labute approximate surface area is 202 Å². The molecule has 3 heterocycles. The number of nitrogens with one attached hydrogen (secondary N) is 1. The summed E-state index contributed by atoms with van der Waals surface area (Å²) in [5.41, 5.74) is 3.73. The van der Waals surface area contributed by atoms with Gasteiger partial charge in [-0.15, -0.1) is 11.3 Å².